The molecule has 0 heterocycles. The Bertz CT molecular complexity index is 343. The van der Waals surface area contributed by atoms with Crippen LogP contribution in [0.5, 0.6) is 5.75 Å². The average molecular weight is 219 g/mol. The summed E-state index contributed by atoms with van der Waals surface area (Å²) in [5.74, 6) is 0.772. The zero-order chi connectivity index (χ0) is 11.8. The molecule has 0 atom stereocenters. The first-order valence-electron chi connectivity index (χ1n) is 5.29. The summed E-state index contributed by atoms with van der Waals surface area (Å²) in [5.41, 5.74) is 1.19. The number of carbonyl (C=O) groups is 1. The molecule has 0 aliphatic rings. The zero-order valence-corrected chi connectivity index (χ0v) is 9.53. The van der Waals surface area contributed by atoms with Crippen LogP contribution in [0.1, 0.15) is 12.0 Å². The van der Waals surface area contributed by atoms with Crippen molar-refractivity contribution in [1.82, 2.24) is 5.32 Å². The highest BCUT2D eigenvalue weighted by atomic mass is 16.5. The van der Waals surface area contributed by atoms with Crippen LogP contribution in [0.3, 0.4) is 0 Å². The minimum atomic E-state index is -0.0213. The number of ether oxygens (including phenoxy) is 1. The number of hydrogen-bond donors (Lipinski definition) is 1. The minimum Gasteiger partial charge on any atom is -0.493 e. The molecule has 0 aromatic heterocycles. The molecule has 0 bridgehead atoms. The largest absolute Gasteiger partial charge is 0.493 e. The van der Waals surface area contributed by atoms with Gasteiger partial charge >= 0.3 is 0 Å². The summed E-state index contributed by atoms with van der Waals surface area (Å²) < 4.78 is 5.42. The number of hydrogen-bond acceptors (Lipinski definition) is 2. The van der Waals surface area contributed by atoms with Crippen molar-refractivity contribution in [3.8, 4) is 5.75 Å². The van der Waals surface area contributed by atoms with Gasteiger partial charge in [0.1, 0.15) is 5.75 Å². The van der Waals surface area contributed by atoms with E-state index in [1.807, 2.05) is 31.2 Å². The van der Waals surface area contributed by atoms with Gasteiger partial charge in [-0.2, -0.15) is 0 Å². The Morgan fingerprint density at radius 1 is 1.44 bits per heavy atom. The van der Waals surface area contributed by atoms with Crippen LogP contribution in [0.15, 0.2) is 36.9 Å². The van der Waals surface area contributed by atoms with Gasteiger partial charge in [0.05, 0.1) is 13.0 Å². The summed E-state index contributed by atoms with van der Waals surface area (Å²) in [4.78, 5) is 11.2. The average Bonchev–Trinajstić information content (AvgIpc) is 2.29. The van der Waals surface area contributed by atoms with Crippen LogP contribution in [-0.4, -0.2) is 19.1 Å². The highest BCUT2D eigenvalue weighted by molar-refractivity contribution is 5.76. The van der Waals surface area contributed by atoms with Crippen LogP contribution >= 0.6 is 0 Å². The van der Waals surface area contributed by atoms with Gasteiger partial charge < -0.3 is 10.1 Å². The van der Waals surface area contributed by atoms with E-state index >= 15 is 0 Å². The van der Waals surface area contributed by atoms with Crippen LogP contribution in [-0.2, 0) is 4.79 Å². The first kappa shape index (κ1) is 12.3. The summed E-state index contributed by atoms with van der Waals surface area (Å²) in [6.07, 6.45) is 2.01. The molecular formula is C13H17NO2. The highest BCUT2D eigenvalue weighted by Crippen LogP contribution is 2.11. The quantitative estimate of drug-likeness (QED) is 0.744. The summed E-state index contributed by atoms with van der Waals surface area (Å²) >= 11 is 0. The maximum absolute atomic E-state index is 11.2. The standard InChI is InChI=1S/C13H17NO2/c1-3-9-14-13(15)8-10-16-12-6-4-11(2)5-7-12/h3-7H,1,8-10H2,2H3,(H,14,15). The van der Waals surface area contributed by atoms with Gasteiger partial charge in [-0.05, 0) is 19.1 Å². The predicted molar refractivity (Wildman–Crippen MR) is 64.5 cm³/mol. The number of benzene rings is 1. The molecule has 0 aliphatic heterocycles. The fraction of sp³-hybridized carbons (Fsp3) is 0.308. The summed E-state index contributed by atoms with van der Waals surface area (Å²) in [7, 11) is 0. The van der Waals surface area contributed by atoms with E-state index in [-0.39, 0.29) is 5.91 Å². The molecule has 3 nitrogen and oxygen atoms in total. The summed E-state index contributed by atoms with van der Waals surface area (Å²) in [5, 5.41) is 2.69. The molecule has 86 valence electrons. The number of nitrogens with one attached hydrogen (secondary N) is 1. The van der Waals surface area contributed by atoms with Crippen LogP contribution in [0.4, 0.5) is 0 Å². The molecule has 16 heavy (non-hydrogen) atoms. The Hall–Kier alpha value is -1.77. The molecule has 0 saturated carbocycles. The molecule has 1 amide bonds. The second kappa shape index (κ2) is 6.67. The smallest absolute Gasteiger partial charge is 0.223 e. The van der Waals surface area contributed by atoms with E-state index in [0.717, 1.165) is 5.75 Å². The molecule has 0 spiro atoms. The number of aryl methyl sites for hydroxylation is 1. The summed E-state index contributed by atoms with van der Waals surface area (Å²) in [6.45, 7) is 6.44. The Morgan fingerprint density at radius 2 is 2.12 bits per heavy atom. The molecule has 0 radical (unpaired) electrons. The lowest BCUT2D eigenvalue weighted by atomic mass is 10.2. The highest BCUT2D eigenvalue weighted by Gasteiger charge is 1.99. The third kappa shape index (κ3) is 4.64. The Balaban J connectivity index is 2.22. The lowest BCUT2D eigenvalue weighted by Crippen LogP contribution is -2.24. The zero-order valence-electron chi connectivity index (χ0n) is 9.53. The van der Waals surface area contributed by atoms with Crippen LogP contribution in [0.25, 0.3) is 0 Å². The molecule has 1 N–H and O–H groups in total. The van der Waals surface area contributed by atoms with Gasteiger partial charge in [-0.1, -0.05) is 23.8 Å². The second-order valence-corrected chi connectivity index (χ2v) is 3.50. The van der Waals surface area contributed by atoms with Gasteiger partial charge in [0.25, 0.3) is 0 Å². The van der Waals surface area contributed by atoms with E-state index in [9.17, 15) is 4.79 Å². The van der Waals surface area contributed by atoms with Crippen molar-refractivity contribution in [3.63, 3.8) is 0 Å². The van der Waals surface area contributed by atoms with Gasteiger partial charge in [-0.15, -0.1) is 6.58 Å². The van der Waals surface area contributed by atoms with Gasteiger partial charge in [-0.3, -0.25) is 4.79 Å². The second-order valence-electron chi connectivity index (χ2n) is 3.50. The molecule has 0 aliphatic carbocycles. The third-order valence-corrected chi connectivity index (χ3v) is 2.06. The van der Waals surface area contributed by atoms with Crippen molar-refractivity contribution in [1.29, 1.82) is 0 Å². The van der Waals surface area contributed by atoms with Crippen LogP contribution in [0.2, 0.25) is 0 Å². The maximum atomic E-state index is 11.2. The molecule has 0 unspecified atom stereocenters. The number of carbonyl (C=O) groups excluding carboxylic acids is 1. The van der Waals surface area contributed by atoms with Crippen LogP contribution in [0, 0.1) is 6.92 Å². The Kier molecular flexibility index (Phi) is 5.12. The Labute approximate surface area is 96.1 Å². The van der Waals surface area contributed by atoms with E-state index in [1.165, 1.54) is 5.56 Å². The lowest BCUT2D eigenvalue weighted by molar-refractivity contribution is -0.121. The van der Waals surface area contributed by atoms with Crippen LogP contribution < -0.4 is 10.1 Å². The molecular weight excluding hydrogens is 202 g/mol. The minimum absolute atomic E-state index is 0.0213. The van der Waals surface area contributed by atoms with Gasteiger partial charge in [0.2, 0.25) is 5.91 Å². The van der Waals surface area contributed by atoms with E-state index in [0.29, 0.717) is 19.6 Å². The first-order valence-corrected chi connectivity index (χ1v) is 5.29. The summed E-state index contributed by atoms with van der Waals surface area (Å²) in [6, 6.07) is 7.76. The third-order valence-electron chi connectivity index (χ3n) is 2.06. The monoisotopic (exact) mass is 219 g/mol. The van der Waals surface area contributed by atoms with Crippen molar-refractivity contribution in [2.24, 2.45) is 0 Å². The topological polar surface area (TPSA) is 38.3 Å². The van der Waals surface area contributed by atoms with Gasteiger partial charge in [0.15, 0.2) is 0 Å². The van der Waals surface area contributed by atoms with E-state index in [1.54, 1.807) is 6.08 Å². The van der Waals surface area contributed by atoms with Crippen molar-refractivity contribution >= 4 is 5.91 Å². The van der Waals surface area contributed by atoms with Crippen molar-refractivity contribution < 1.29 is 9.53 Å². The number of rotatable bonds is 6. The fourth-order valence-corrected chi connectivity index (χ4v) is 1.17. The predicted octanol–water partition coefficient (Wildman–Crippen LogP) is 2.07. The lowest BCUT2D eigenvalue weighted by Gasteiger charge is -2.06. The van der Waals surface area contributed by atoms with Crippen molar-refractivity contribution in [2.75, 3.05) is 13.2 Å². The van der Waals surface area contributed by atoms with Gasteiger partial charge in [0, 0.05) is 6.54 Å². The van der Waals surface area contributed by atoms with E-state index in [4.69, 9.17) is 4.74 Å². The van der Waals surface area contributed by atoms with Crippen molar-refractivity contribution in [2.45, 2.75) is 13.3 Å². The SMILES string of the molecule is C=CCNC(=O)CCOc1ccc(C)cc1. The Morgan fingerprint density at radius 3 is 2.75 bits per heavy atom. The number of amides is 1. The molecule has 1 rings (SSSR count). The maximum Gasteiger partial charge on any atom is 0.223 e. The molecule has 1 aromatic rings. The normalized spacial score (nSPS) is 9.56. The molecule has 1 aromatic carbocycles. The molecule has 0 fully saturated rings. The van der Waals surface area contributed by atoms with Gasteiger partial charge in [-0.25, -0.2) is 0 Å². The molecule has 0 saturated heterocycles. The van der Waals surface area contributed by atoms with E-state index < -0.39 is 0 Å². The molecule has 3 heteroatoms. The first-order chi connectivity index (χ1) is 7.72. The fourth-order valence-electron chi connectivity index (χ4n) is 1.17. The van der Waals surface area contributed by atoms with Crippen molar-refractivity contribution in [3.05, 3.63) is 42.5 Å². The van der Waals surface area contributed by atoms with E-state index in [2.05, 4.69) is 11.9 Å².